The number of nitrogens with two attached hydrogens (primary N) is 1. The smallest absolute Gasteiger partial charge is 0.404 e. The third-order valence-corrected chi connectivity index (χ3v) is 2.76. The summed E-state index contributed by atoms with van der Waals surface area (Å²) in [6, 6.07) is 1.28. The summed E-state index contributed by atoms with van der Waals surface area (Å²) in [6.07, 6.45) is -0.913. The van der Waals surface area contributed by atoms with Crippen molar-refractivity contribution >= 4 is 11.8 Å². The average molecular weight is 260 g/mol. The van der Waals surface area contributed by atoms with Crippen LogP contribution in [0.15, 0.2) is 12.1 Å². The fourth-order valence-corrected chi connectivity index (χ4v) is 1.96. The van der Waals surface area contributed by atoms with E-state index in [0.29, 0.717) is 19.0 Å². The van der Waals surface area contributed by atoms with Crippen molar-refractivity contribution < 1.29 is 22.7 Å². The lowest BCUT2D eigenvalue weighted by Gasteiger charge is -2.19. The fourth-order valence-electron chi connectivity index (χ4n) is 1.96. The summed E-state index contributed by atoms with van der Waals surface area (Å²) in [5.41, 5.74) is 4.82. The molecule has 0 aromatic heterocycles. The summed E-state index contributed by atoms with van der Waals surface area (Å²) in [5, 5.41) is 0. The summed E-state index contributed by atoms with van der Waals surface area (Å²) in [5.74, 6) is -3.21. The molecule has 0 spiro atoms. The van der Waals surface area contributed by atoms with Gasteiger partial charge in [-0.05, 0) is 0 Å². The second-order valence-corrected chi connectivity index (χ2v) is 4.01. The van der Waals surface area contributed by atoms with E-state index in [2.05, 4.69) is 0 Å². The number of carbonyl (C=O) groups excluding carboxylic acids is 1. The molecule has 1 saturated heterocycles. The zero-order valence-electron chi connectivity index (χ0n) is 9.33. The topological polar surface area (TPSA) is 55.6 Å². The van der Waals surface area contributed by atoms with Crippen molar-refractivity contribution in [3.05, 3.63) is 29.6 Å². The zero-order valence-corrected chi connectivity index (χ0v) is 9.33. The Balaban J connectivity index is 2.14. The minimum absolute atomic E-state index is 0.0514. The van der Waals surface area contributed by atoms with Crippen LogP contribution >= 0.6 is 0 Å². The molecule has 1 aliphatic rings. The molecule has 7 heteroatoms. The number of carbonyl (C=O) groups is 1. The predicted molar refractivity (Wildman–Crippen MR) is 57.6 cm³/mol. The number of rotatable bonds is 2. The van der Waals surface area contributed by atoms with E-state index in [4.69, 9.17) is 10.5 Å². The van der Waals surface area contributed by atoms with Gasteiger partial charge in [-0.1, -0.05) is 0 Å². The summed E-state index contributed by atoms with van der Waals surface area (Å²) in [6.45, 7) is 0.574. The van der Waals surface area contributed by atoms with Gasteiger partial charge in [0, 0.05) is 25.1 Å². The Morgan fingerprint density at radius 2 is 1.94 bits per heavy atom. The molecule has 1 fully saturated rings. The fraction of sp³-hybridized carbons (Fsp3) is 0.364. The molecule has 0 radical (unpaired) electrons. The van der Waals surface area contributed by atoms with E-state index < -0.39 is 29.6 Å². The largest absolute Gasteiger partial charge is 0.444 e. The van der Waals surface area contributed by atoms with E-state index in [1.807, 2.05) is 0 Å². The van der Waals surface area contributed by atoms with Crippen LogP contribution in [0.3, 0.4) is 0 Å². The van der Waals surface area contributed by atoms with Gasteiger partial charge in [-0.3, -0.25) is 0 Å². The molecule has 1 aromatic carbocycles. The number of anilines is 1. The zero-order chi connectivity index (χ0) is 13.3. The highest BCUT2D eigenvalue weighted by Crippen LogP contribution is 2.26. The highest BCUT2D eigenvalue weighted by molar-refractivity contribution is 5.65. The van der Waals surface area contributed by atoms with Crippen molar-refractivity contribution in [2.24, 2.45) is 5.73 Å². The molecule has 2 N–H and O–H groups in total. The monoisotopic (exact) mass is 260 g/mol. The van der Waals surface area contributed by atoms with Gasteiger partial charge in [0.2, 0.25) is 0 Å². The molecule has 1 aromatic rings. The molecule has 2 rings (SSSR count). The molecule has 0 bridgehead atoms. The molecule has 1 unspecified atom stereocenters. The lowest BCUT2D eigenvalue weighted by atomic mass is 10.2. The van der Waals surface area contributed by atoms with E-state index in [9.17, 15) is 18.0 Å². The third-order valence-electron chi connectivity index (χ3n) is 2.76. The van der Waals surface area contributed by atoms with Crippen molar-refractivity contribution in [1.29, 1.82) is 0 Å². The quantitative estimate of drug-likeness (QED) is 0.824. The van der Waals surface area contributed by atoms with Gasteiger partial charge >= 0.3 is 6.09 Å². The maximum Gasteiger partial charge on any atom is 0.404 e. The van der Waals surface area contributed by atoms with Crippen molar-refractivity contribution in [1.82, 2.24) is 0 Å². The lowest BCUT2D eigenvalue weighted by Crippen LogP contribution is -2.27. The van der Waals surface area contributed by atoms with Gasteiger partial charge in [-0.25, -0.2) is 18.0 Å². The van der Waals surface area contributed by atoms with Crippen LogP contribution in [0.2, 0.25) is 0 Å². The van der Waals surface area contributed by atoms with Gasteiger partial charge in [0.05, 0.1) is 12.2 Å². The second-order valence-electron chi connectivity index (χ2n) is 4.01. The number of nitrogens with zero attached hydrogens (tertiary/aromatic N) is 1. The molecular formula is C11H11F3N2O2. The van der Waals surface area contributed by atoms with Crippen LogP contribution in [0.25, 0.3) is 0 Å². The van der Waals surface area contributed by atoms with Crippen molar-refractivity contribution in [3.63, 3.8) is 0 Å². The standard InChI is InChI=1S/C11H11F3N2O2/c12-7-3-9(14)10(4-8(7)13)16-2-1-6(5-16)18-11(15)17/h3-4,6H,1-2,5H2,(H2,15,17). The van der Waals surface area contributed by atoms with Gasteiger partial charge < -0.3 is 15.4 Å². The number of benzene rings is 1. The second kappa shape index (κ2) is 4.75. The summed E-state index contributed by atoms with van der Waals surface area (Å²) < 4.78 is 44.1. The van der Waals surface area contributed by atoms with Gasteiger partial charge in [0.25, 0.3) is 0 Å². The van der Waals surface area contributed by atoms with Gasteiger partial charge in [0.15, 0.2) is 11.6 Å². The summed E-state index contributed by atoms with van der Waals surface area (Å²) in [4.78, 5) is 12.0. The van der Waals surface area contributed by atoms with Gasteiger partial charge in [-0.2, -0.15) is 0 Å². The maximum atomic E-state index is 13.5. The van der Waals surface area contributed by atoms with Crippen LogP contribution < -0.4 is 10.6 Å². The third kappa shape index (κ3) is 2.49. The van der Waals surface area contributed by atoms with Crippen LogP contribution in [0.1, 0.15) is 6.42 Å². The molecule has 0 saturated carbocycles. The average Bonchev–Trinajstić information content (AvgIpc) is 2.70. The Bertz CT molecular complexity index is 482. The number of hydrogen-bond acceptors (Lipinski definition) is 3. The number of hydrogen-bond donors (Lipinski definition) is 1. The number of amides is 1. The highest BCUT2D eigenvalue weighted by Gasteiger charge is 2.27. The highest BCUT2D eigenvalue weighted by atomic mass is 19.2. The molecule has 98 valence electrons. The van der Waals surface area contributed by atoms with E-state index in [1.165, 1.54) is 4.90 Å². The summed E-state index contributed by atoms with van der Waals surface area (Å²) >= 11 is 0. The summed E-state index contributed by atoms with van der Waals surface area (Å²) in [7, 11) is 0. The van der Waals surface area contributed by atoms with Crippen LogP contribution in [-0.4, -0.2) is 25.3 Å². The van der Waals surface area contributed by atoms with Crippen molar-refractivity contribution in [2.45, 2.75) is 12.5 Å². The number of halogens is 3. The molecular weight excluding hydrogens is 249 g/mol. The number of primary amides is 1. The Hall–Kier alpha value is -1.92. The van der Waals surface area contributed by atoms with Crippen molar-refractivity contribution in [2.75, 3.05) is 18.0 Å². The normalized spacial score (nSPS) is 19.1. The molecule has 1 aliphatic heterocycles. The SMILES string of the molecule is NC(=O)OC1CCN(c2cc(F)c(F)cc2F)C1. The molecule has 18 heavy (non-hydrogen) atoms. The van der Waals surface area contributed by atoms with Crippen molar-refractivity contribution in [3.8, 4) is 0 Å². The van der Waals surface area contributed by atoms with E-state index in [1.54, 1.807) is 0 Å². The van der Waals surface area contributed by atoms with E-state index in [-0.39, 0.29) is 12.2 Å². The maximum absolute atomic E-state index is 13.5. The Labute approximate surface area is 101 Å². The van der Waals surface area contributed by atoms with Gasteiger partial charge in [0.1, 0.15) is 11.9 Å². The van der Waals surface area contributed by atoms with Crippen LogP contribution in [0.4, 0.5) is 23.7 Å². The Morgan fingerprint density at radius 1 is 1.28 bits per heavy atom. The molecule has 1 atom stereocenters. The lowest BCUT2D eigenvalue weighted by molar-refractivity contribution is 0.117. The first-order valence-corrected chi connectivity index (χ1v) is 5.33. The molecule has 0 aliphatic carbocycles. The Morgan fingerprint density at radius 3 is 2.61 bits per heavy atom. The first kappa shape index (κ1) is 12.5. The van der Waals surface area contributed by atoms with Crippen LogP contribution in [-0.2, 0) is 4.74 Å². The van der Waals surface area contributed by atoms with Gasteiger partial charge in [-0.15, -0.1) is 0 Å². The minimum atomic E-state index is -1.24. The minimum Gasteiger partial charge on any atom is -0.444 e. The predicted octanol–water partition coefficient (Wildman–Crippen LogP) is 1.78. The molecule has 1 amide bonds. The van der Waals surface area contributed by atoms with E-state index in [0.717, 1.165) is 6.07 Å². The first-order chi connectivity index (χ1) is 8.47. The molecule has 4 nitrogen and oxygen atoms in total. The first-order valence-electron chi connectivity index (χ1n) is 5.33. The van der Waals surface area contributed by atoms with E-state index >= 15 is 0 Å². The number of ether oxygens (including phenoxy) is 1. The van der Waals surface area contributed by atoms with Crippen LogP contribution in [0, 0.1) is 17.5 Å². The van der Waals surface area contributed by atoms with Crippen LogP contribution in [0.5, 0.6) is 0 Å². The molecule has 1 heterocycles. The Kier molecular flexibility index (Phi) is 3.31.